The summed E-state index contributed by atoms with van der Waals surface area (Å²) in [5, 5.41) is 21.8. The third kappa shape index (κ3) is 3.36. The summed E-state index contributed by atoms with van der Waals surface area (Å²) in [4.78, 5) is 0. The Labute approximate surface area is 84.4 Å². The molecule has 0 amide bonds. The molecule has 0 saturated carbocycles. The number of aliphatic hydroxyl groups excluding tert-OH is 1. The lowest BCUT2D eigenvalue weighted by atomic mass is 10.2. The van der Waals surface area contributed by atoms with Gasteiger partial charge in [-0.15, -0.1) is 0 Å². The monoisotopic (exact) mass is 195 g/mol. The molecule has 0 aliphatic carbocycles. The molecular formula is C11H17NO2. The molecular weight excluding hydrogens is 178 g/mol. The lowest BCUT2D eigenvalue weighted by Gasteiger charge is -2.09. The average Bonchev–Trinajstić information content (AvgIpc) is 2.20. The zero-order chi connectivity index (χ0) is 10.4. The molecule has 0 aliphatic rings. The van der Waals surface area contributed by atoms with Gasteiger partial charge in [0.1, 0.15) is 5.75 Å². The summed E-state index contributed by atoms with van der Waals surface area (Å²) < 4.78 is 0. The van der Waals surface area contributed by atoms with E-state index in [1.54, 1.807) is 12.1 Å². The van der Waals surface area contributed by atoms with Gasteiger partial charge in [-0.25, -0.2) is 0 Å². The van der Waals surface area contributed by atoms with Crippen molar-refractivity contribution in [2.45, 2.75) is 26.0 Å². The molecule has 3 nitrogen and oxygen atoms in total. The van der Waals surface area contributed by atoms with Crippen molar-refractivity contribution in [1.29, 1.82) is 0 Å². The fourth-order valence-corrected chi connectivity index (χ4v) is 1.18. The predicted octanol–water partition coefficient (Wildman–Crippen LogP) is 1.25. The number of hydrogen-bond donors (Lipinski definition) is 3. The van der Waals surface area contributed by atoms with Crippen LogP contribution in [0.3, 0.4) is 0 Å². The van der Waals surface area contributed by atoms with Crippen LogP contribution in [-0.2, 0) is 6.54 Å². The molecule has 1 rings (SSSR count). The Balaban J connectivity index is 2.35. The van der Waals surface area contributed by atoms with Gasteiger partial charge in [-0.1, -0.05) is 25.1 Å². The SMILES string of the molecule is CCC(O)CNCc1ccccc1O. The largest absolute Gasteiger partial charge is 0.508 e. The molecule has 3 N–H and O–H groups in total. The Morgan fingerprint density at radius 1 is 1.36 bits per heavy atom. The van der Waals surface area contributed by atoms with Gasteiger partial charge in [0.05, 0.1) is 6.10 Å². The molecule has 0 fully saturated rings. The van der Waals surface area contributed by atoms with Crippen LogP contribution in [0.1, 0.15) is 18.9 Å². The van der Waals surface area contributed by atoms with E-state index in [0.717, 1.165) is 12.0 Å². The van der Waals surface area contributed by atoms with Gasteiger partial charge in [-0.3, -0.25) is 0 Å². The molecule has 1 aromatic carbocycles. The average molecular weight is 195 g/mol. The lowest BCUT2D eigenvalue weighted by Crippen LogP contribution is -2.25. The van der Waals surface area contributed by atoms with Crippen molar-refractivity contribution in [2.24, 2.45) is 0 Å². The maximum Gasteiger partial charge on any atom is 0.120 e. The standard InChI is InChI=1S/C11H17NO2/c1-2-10(13)8-12-7-9-5-3-4-6-11(9)14/h3-6,10,12-14H,2,7-8H2,1H3. The van der Waals surface area contributed by atoms with Gasteiger partial charge in [0.15, 0.2) is 0 Å². The van der Waals surface area contributed by atoms with Gasteiger partial charge in [-0.05, 0) is 12.5 Å². The van der Waals surface area contributed by atoms with Crippen LogP contribution in [0.5, 0.6) is 5.75 Å². The van der Waals surface area contributed by atoms with Gasteiger partial charge in [-0.2, -0.15) is 0 Å². The van der Waals surface area contributed by atoms with E-state index in [-0.39, 0.29) is 6.10 Å². The van der Waals surface area contributed by atoms with Crippen molar-refractivity contribution >= 4 is 0 Å². The second kappa shape index (κ2) is 5.62. The topological polar surface area (TPSA) is 52.5 Å². The van der Waals surface area contributed by atoms with Crippen molar-refractivity contribution in [1.82, 2.24) is 5.32 Å². The van der Waals surface area contributed by atoms with E-state index in [2.05, 4.69) is 5.32 Å². The molecule has 3 heteroatoms. The molecule has 1 aromatic rings. The van der Waals surface area contributed by atoms with Crippen LogP contribution < -0.4 is 5.32 Å². The molecule has 1 atom stereocenters. The summed E-state index contributed by atoms with van der Waals surface area (Å²) in [7, 11) is 0. The Morgan fingerprint density at radius 3 is 2.71 bits per heavy atom. The lowest BCUT2D eigenvalue weighted by molar-refractivity contribution is 0.167. The maximum absolute atomic E-state index is 9.43. The number of aliphatic hydroxyl groups is 1. The van der Waals surface area contributed by atoms with Gasteiger partial charge in [0.2, 0.25) is 0 Å². The Bertz CT molecular complexity index is 276. The Morgan fingerprint density at radius 2 is 2.07 bits per heavy atom. The van der Waals surface area contributed by atoms with Crippen molar-refractivity contribution in [3.8, 4) is 5.75 Å². The van der Waals surface area contributed by atoms with E-state index in [1.807, 2.05) is 19.1 Å². The van der Waals surface area contributed by atoms with Crippen LogP contribution in [0.2, 0.25) is 0 Å². The minimum Gasteiger partial charge on any atom is -0.508 e. The third-order valence-corrected chi connectivity index (χ3v) is 2.16. The molecule has 0 aromatic heterocycles. The second-order valence-electron chi connectivity index (χ2n) is 3.32. The van der Waals surface area contributed by atoms with E-state index in [9.17, 15) is 10.2 Å². The number of rotatable bonds is 5. The van der Waals surface area contributed by atoms with Gasteiger partial charge in [0, 0.05) is 18.7 Å². The van der Waals surface area contributed by atoms with Crippen molar-refractivity contribution < 1.29 is 10.2 Å². The zero-order valence-electron chi connectivity index (χ0n) is 8.40. The maximum atomic E-state index is 9.43. The van der Waals surface area contributed by atoms with Crippen molar-refractivity contribution in [3.63, 3.8) is 0 Å². The molecule has 0 heterocycles. The van der Waals surface area contributed by atoms with Crippen molar-refractivity contribution in [3.05, 3.63) is 29.8 Å². The highest BCUT2D eigenvalue weighted by Gasteiger charge is 2.01. The smallest absolute Gasteiger partial charge is 0.120 e. The first-order chi connectivity index (χ1) is 6.74. The molecule has 78 valence electrons. The second-order valence-corrected chi connectivity index (χ2v) is 3.32. The molecule has 0 radical (unpaired) electrons. The number of benzene rings is 1. The van der Waals surface area contributed by atoms with E-state index in [1.165, 1.54) is 0 Å². The molecule has 14 heavy (non-hydrogen) atoms. The molecule has 0 aliphatic heterocycles. The minimum absolute atomic E-state index is 0.297. The highest BCUT2D eigenvalue weighted by molar-refractivity contribution is 5.31. The third-order valence-electron chi connectivity index (χ3n) is 2.16. The molecule has 0 bridgehead atoms. The van der Waals surface area contributed by atoms with Crippen LogP contribution in [0.15, 0.2) is 24.3 Å². The van der Waals surface area contributed by atoms with Crippen LogP contribution in [0, 0.1) is 0 Å². The number of aromatic hydroxyl groups is 1. The molecule has 0 saturated heterocycles. The van der Waals surface area contributed by atoms with Crippen LogP contribution in [0.4, 0.5) is 0 Å². The fourth-order valence-electron chi connectivity index (χ4n) is 1.18. The number of para-hydroxylation sites is 1. The molecule has 0 spiro atoms. The Kier molecular flexibility index (Phi) is 4.43. The number of phenols is 1. The van der Waals surface area contributed by atoms with Gasteiger partial charge >= 0.3 is 0 Å². The summed E-state index contributed by atoms with van der Waals surface area (Å²) in [6, 6.07) is 7.20. The predicted molar refractivity (Wildman–Crippen MR) is 56.1 cm³/mol. The van der Waals surface area contributed by atoms with Gasteiger partial charge < -0.3 is 15.5 Å². The first-order valence-corrected chi connectivity index (χ1v) is 4.89. The molecule has 1 unspecified atom stereocenters. The summed E-state index contributed by atoms with van der Waals surface area (Å²) in [5.74, 6) is 0.297. The quantitative estimate of drug-likeness (QED) is 0.663. The van der Waals surface area contributed by atoms with E-state index in [0.29, 0.717) is 18.8 Å². The van der Waals surface area contributed by atoms with Gasteiger partial charge in [0.25, 0.3) is 0 Å². The minimum atomic E-state index is -0.305. The highest BCUT2D eigenvalue weighted by Crippen LogP contribution is 2.14. The van der Waals surface area contributed by atoms with E-state index < -0.39 is 0 Å². The summed E-state index contributed by atoms with van der Waals surface area (Å²) in [5.41, 5.74) is 0.857. The fraction of sp³-hybridized carbons (Fsp3) is 0.455. The summed E-state index contributed by atoms with van der Waals surface area (Å²) in [6.45, 7) is 3.08. The number of hydrogen-bond acceptors (Lipinski definition) is 3. The number of phenolic OH excluding ortho intramolecular Hbond substituents is 1. The van der Waals surface area contributed by atoms with E-state index in [4.69, 9.17) is 0 Å². The highest BCUT2D eigenvalue weighted by atomic mass is 16.3. The number of nitrogens with one attached hydrogen (secondary N) is 1. The zero-order valence-corrected chi connectivity index (χ0v) is 8.40. The van der Waals surface area contributed by atoms with Crippen molar-refractivity contribution in [2.75, 3.05) is 6.54 Å². The normalized spacial score (nSPS) is 12.7. The van der Waals surface area contributed by atoms with Crippen LogP contribution in [0.25, 0.3) is 0 Å². The van der Waals surface area contributed by atoms with Crippen LogP contribution in [-0.4, -0.2) is 22.9 Å². The first kappa shape index (κ1) is 11.0. The Hall–Kier alpha value is -1.06. The van der Waals surface area contributed by atoms with Crippen LogP contribution >= 0.6 is 0 Å². The summed E-state index contributed by atoms with van der Waals surface area (Å²) >= 11 is 0. The van der Waals surface area contributed by atoms with E-state index >= 15 is 0 Å². The first-order valence-electron chi connectivity index (χ1n) is 4.89. The summed E-state index contributed by atoms with van der Waals surface area (Å²) in [6.07, 6.45) is 0.439.